The van der Waals surface area contributed by atoms with Gasteiger partial charge in [-0.15, -0.1) is 0 Å². The van der Waals surface area contributed by atoms with Crippen LogP contribution in [0.1, 0.15) is 42.9 Å². The summed E-state index contributed by atoms with van der Waals surface area (Å²) in [7, 11) is 0. The Morgan fingerprint density at radius 3 is 2.91 bits per heavy atom. The van der Waals surface area contributed by atoms with Gasteiger partial charge in [-0.2, -0.15) is 0 Å². The van der Waals surface area contributed by atoms with Gasteiger partial charge in [-0.25, -0.2) is 0 Å². The second-order valence-corrected chi connectivity index (χ2v) is 6.95. The van der Waals surface area contributed by atoms with Crippen LogP contribution in [0.5, 0.6) is 0 Å². The molecule has 2 N–H and O–H groups in total. The van der Waals surface area contributed by atoms with Crippen molar-refractivity contribution < 1.29 is 9.90 Å². The number of hydrogen-bond acceptors (Lipinski definition) is 3. The zero-order valence-corrected chi connectivity index (χ0v) is 12.9. The Morgan fingerprint density at radius 2 is 2.18 bits per heavy atom. The number of aliphatic hydroxyl groups excluding tert-OH is 1. The third-order valence-corrected chi connectivity index (χ3v) is 5.31. The lowest BCUT2D eigenvalue weighted by atomic mass is 9.88. The van der Waals surface area contributed by atoms with Crippen molar-refractivity contribution in [1.29, 1.82) is 0 Å². The number of piperidine rings is 1. The van der Waals surface area contributed by atoms with Gasteiger partial charge in [0.2, 0.25) is 5.91 Å². The summed E-state index contributed by atoms with van der Waals surface area (Å²) in [5, 5.41) is 14.0. The van der Waals surface area contributed by atoms with Crippen molar-refractivity contribution in [2.24, 2.45) is 11.8 Å². The molecule has 1 saturated carbocycles. The third kappa shape index (κ3) is 2.55. The molecule has 0 radical (unpaired) electrons. The molecule has 3 aliphatic rings. The quantitative estimate of drug-likeness (QED) is 0.898. The molecule has 0 bridgehead atoms. The number of anilines is 1. The molecule has 1 aliphatic carbocycles. The van der Waals surface area contributed by atoms with E-state index in [-0.39, 0.29) is 5.92 Å². The minimum absolute atomic E-state index is 0.268. The second kappa shape index (κ2) is 5.67. The van der Waals surface area contributed by atoms with E-state index in [0.717, 1.165) is 63.0 Å². The summed E-state index contributed by atoms with van der Waals surface area (Å²) in [5.74, 6) is 0.866. The normalized spacial score (nSPS) is 25.9. The van der Waals surface area contributed by atoms with Gasteiger partial charge in [-0.3, -0.25) is 4.79 Å². The van der Waals surface area contributed by atoms with Crippen LogP contribution in [0, 0.1) is 11.8 Å². The highest BCUT2D eigenvalue weighted by molar-refractivity contribution is 5.98. The minimum atomic E-state index is -0.397. The van der Waals surface area contributed by atoms with Gasteiger partial charge in [0.25, 0.3) is 0 Å². The highest BCUT2D eigenvalue weighted by Gasteiger charge is 2.36. The molecule has 0 aromatic heterocycles. The topological polar surface area (TPSA) is 52.6 Å². The molecule has 4 rings (SSSR count). The van der Waals surface area contributed by atoms with Crippen LogP contribution in [-0.2, 0) is 11.2 Å². The van der Waals surface area contributed by atoms with Crippen molar-refractivity contribution in [2.45, 2.75) is 38.2 Å². The van der Waals surface area contributed by atoms with Crippen molar-refractivity contribution in [3.63, 3.8) is 0 Å². The van der Waals surface area contributed by atoms with Crippen LogP contribution in [0.15, 0.2) is 18.2 Å². The minimum Gasteiger partial charge on any atom is -0.388 e. The molecule has 22 heavy (non-hydrogen) atoms. The van der Waals surface area contributed by atoms with Crippen molar-refractivity contribution >= 4 is 11.6 Å². The predicted molar refractivity (Wildman–Crippen MR) is 85.8 cm³/mol. The molecule has 2 heterocycles. The number of carbonyl (C=O) groups excluding carboxylic acids is 1. The largest absolute Gasteiger partial charge is 0.388 e. The maximum absolute atomic E-state index is 12.3. The molecule has 4 nitrogen and oxygen atoms in total. The van der Waals surface area contributed by atoms with Crippen LogP contribution >= 0.6 is 0 Å². The zero-order valence-electron chi connectivity index (χ0n) is 12.9. The van der Waals surface area contributed by atoms with E-state index < -0.39 is 6.10 Å². The van der Waals surface area contributed by atoms with E-state index >= 15 is 0 Å². The number of amides is 1. The smallest absolute Gasteiger partial charge is 0.230 e. The number of nitrogens with one attached hydrogen (secondary N) is 1. The van der Waals surface area contributed by atoms with Gasteiger partial charge in [0.05, 0.1) is 6.10 Å². The van der Waals surface area contributed by atoms with Gasteiger partial charge < -0.3 is 15.3 Å². The lowest BCUT2D eigenvalue weighted by molar-refractivity contribution is -0.119. The summed E-state index contributed by atoms with van der Waals surface area (Å²) in [4.78, 5) is 14.3. The van der Waals surface area contributed by atoms with Gasteiger partial charge >= 0.3 is 0 Å². The maximum Gasteiger partial charge on any atom is 0.230 e. The summed E-state index contributed by atoms with van der Waals surface area (Å²) >= 11 is 0. The summed E-state index contributed by atoms with van der Waals surface area (Å²) in [5.41, 5.74) is 3.29. The fraction of sp³-hybridized carbons (Fsp3) is 0.611. The fourth-order valence-electron chi connectivity index (χ4n) is 3.81. The Morgan fingerprint density at radius 1 is 1.32 bits per heavy atom. The van der Waals surface area contributed by atoms with Gasteiger partial charge in [-0.05, 0) is 55.8 Å². The summed E-state index contributed by atoms with van der Waals surface area (Å²) in [6.07, 6.45) is 4.84. The van der Waals surface area contributed by atoms with Crippen LogP contribution in [0.4, 0.5) is 5.69 Å². The number of aliphatic hydroxyl groups is 1. The monoisotopic (exact) mass is 300 g/mol. The standard InChI is InChI=1S/C18H24N2O2/c21-17(15-2-1-8-19-11-15)14-5-6-16-13(10-14)7-9-20(16)18(22)12-3-4-12/h5-6,10,12,15,17,19,21H,1-4,7-9,11H2. The van der Waals surface area contributed by atoms with E-state index in [1.165, 1.54) is 5.56 Å². The van der Waals surface area contributed by atoms with Gasteiger partial charge in [-0.1, -0.05) is 12.1 Å². The van der Waals surface area contributed by atoms with E-state index in [4.69, 9.17) is 0 Å². The van der Waals surface area contributed by atoms with E-state index in [0.29, 0.717) is 11.8 Å². The zero-order chi connectivity index (χ0) is 15.1. The van der Waals surface area contributed by atoms with Crippen LogP contribution in [0.25, 0.3) is 0 Å². The van der Waals surface area contributed by atoms with Crippen molar-refractivity contribution in [3.8, 4) is 0 Å². The summed E-state index contributed by atoms with van der Waals surface area (Å²) in [6.45, 7) is 2.76. The molecule has 2 unspecified atom stereocenters. The Kier molecular flexibility index (Phi) is 3.66. The van der Waals surface area contributed by atoms with Crippen LogP contribution in [-0.4, -0.2) is 30.6 Å². The molecule has 1 aromatic carbocycles. The summed E-state index contributed by atoms with van der Waals surface area (Å²) < 4.78 is 0. The second-order valence-electron chi connectivity index (χ2n) is 6.95. The predicted octanol–water partition coefficient (Wildman–Crippen LogP) is 2.02. The number of nitrogens with zero attached hydrogens (tertiary/aromatic N) is 1. The molecule has 2 aliphatic heterocycles. The molecule has 1 amide bonds. The van der Waals surface area contributed by atoms with Crippen molar-refractivity contribution in [2.75, 3.05) is 24.5 Å². The number of benzene rings is 1. The molecule has 2 fully saturated rings. The Labute approximate surface area is 131 Å². The highest BCUT2D eigenvalue weighted by atomic mass is 16.3. The Hall–Kier alpha value is -1.39. The SMILES string of the molecule is O=C(C1CC1)N1CCc2cc(C(O)C3CCCNC3)ccc21. The van der Waals surface area contributed by atoms with E-state index in [9.17, 15) is 9.90 Å². The molecule has 0 spiro atoms. The number of carbonyl (C=O) groups is 1. The molecule has 1 saturated heterocycles. The van der Waals surface area contributed by atoms with Gasteiger partial charge in [0.15, 0.2) is 0 Å². The first-order valence-electron chi connectivity index (χ1n) is 8.57. The first-order chi connectivity index (χ1) is 10.7. The lowest BCUT2D eigenvalue weighted by Crippen LogP contribution is -2.33. The van der Waals surface area contributed by atoms with Crippen LogP contribution in [0.2, 0.25) is 0 Å². The van der Waals surface area contributed by atoms with Crippen molar-refractivity contribution in [1.82, 2.24) is 5.32 Å². The Balaban J connectivity index is 1.53. The molecular formula is C18H24N2O2. The van der Waals surface area contributed by atoms with Crippen LogP contribution < -0.4 is 10.2 Å². The molecule has 118 valence electrons. The molecular weight excluding hydrogens is 276 g/mol. The molecule has 4 heteroatoms. The Bertz CT molecular complexity index is 576. The number of hydrogen-bond donors (Lipinski definition) is 2. The van der Waals surface area contributed by atoms with E-state index in [1.54, 1.807) is 0 Å². The fourth-order valence-corrected chi connectivity index (χ4v) is 3.81. The lowest BCUT2D eigenvalue weighted by Gasteiger charge is -2.28. The number of fused-ring (bicyclic) bond motifs is 1. The van der Waals surface area contributed by atoms with E-state index in [1.807, 2.05) is 17.0 Å². The molecule has 1 aromatic rings. The first kappa shape index (κ1) is 14.2. The van der Waals surface area contributed by atoms with Crippen LogP contribution in [0.3, 0.4) is 0 Å². The highest BCUT2D eigenvalue weighted by Crippen LogP contribution is 2.38. The first-order valence-corrected chi connectivity index (χ1v) is 8.57. The average molecular weight is 300 g/mol. The third-order valence-electron chi connectivity index (χ3n) is 5.31. The summed E-state index contributed by atoms with van der Waals surface area (Å²) in [6, 6.07) is 6.17. The maximum atomic E-state index is 12.3. The van der Waals surface area contributed by atoms with E-state index in [2.05, 4.69) is 11.4 Å². The van der Waals surface area contributed by atoms with Gasteiger partial charge in [0, 0.05) is 30.6 Å². The van der Waals surface area contributed by atoms with Gasteiger partial charge in [0.1, 0.15) is 0 Å². The molecule has 2 atom stereocenters. The number of rotatable bonds is 3. The average Bonchev–Trinajstić information content (AvgIpc) is 3.33. The van der Waals surface area contributed by atoms with Crippen molar-refractivity contribution in [3.05, 3.63) is 29.3 Å².